The van der Waals surface area contributed by atoms with E-state index in [0.717, 1.165) is 31.4 Å². The Hall–Kier alpha value is -0.560. The Labute approximate surface area is 157 Å². The SMILES string of the molecule is CCCCC[C@H](c1c(C(F)(F)F)ccc(Cl)c1F)N1CCNCC1.Cl. The molecule has 1 aromatic carbocycles. The molecule has 0 aromatic heterocycles. The summed E-state index contributed by atoms with van der Waals surface area (Å²) in [5, 5.41) is 2.92. The number of halogens is 6. The van der Waals surface area contributed by atoms with Gasteiger partial charge in [0.1, 0.15) is 5.82 Å². The third kappa shape index (κ3) is 5.71. The van der Waals surface area contributed by atoms with Crippen molar-refractivity contribution in [2.24, 2.45) is 0 Å². The summed E-state index contributed by atoms with van der Waals surface area (Å²) in [5.74, 6) is -0.938. The maximum Gasteiger partial charge on any atom is 0.416 e. The number of unbranched alkanes of at least 4 members (excludes halogenated alkanes) is 2. The van der Waals surface area contributed by atoms with Crippen LogP contribution in [-0.4, -0.2) is 31.1 Å². The van der Waals surface area contributed by atoms with Crippen molar-refractivity contribution in [1.29, 1.82) is 0 Å². The summed E-state index contributed by atoms with van der Waals surface area (Å²) in [6.07, 6.45) is -1.48. The number of hydrogen-bond acceptors (Lipinski definition) is 2. The minimum atomic E-state index is -4.60. The number of nitrogens with zero attached hydrogens (tertiary/aromatic N) is 1. The van der Waals surface area contributed by atoms with Crippen molar-refractivity contribution in [3.05, 3.63) is 34.1 Å². The first-order valence-corrected chi connectivity index (χ1v) is 8.74. The van der Waals surface area contributed by atoms with Gasteiger partial charge in [0, 0.05) is 37.8 Å². The number of nitrogens with one attached hydrogen (secondary N) is 1. The molecular formula is C17H24Cl2F4N2. The number of benzene rings is 1. The second-order valence-corrected chi connectivity index (χ2v) is 6.53. The van der Waals surface area contributed by atoms with E-state index in [9.17, 15) is 17.6 Å². The van der Waals surface area contributed by atoms with Gasteiger partial charge in [-0.3, -0.25) is 4.90 Å². The Morgan fingerprint density at radius 2 is 1.84 bits per heavy atom. The molecule has 0 spiro atoms. The van der Waals surface area contributed by atoms with Crippen molar-refractivity contribution in [3.8, 4) is 0 Å². The molecule has 1 N–H and O–H groups in total. The fraction of sp³-hybridized carbons (Fsp3) is 0.647. The Kier molecular flexibility index (Phi) is 8.95. The zero-order valence-corrected chi connectivity index (χ0v) is 15.7. The highest BCUT2D eigenvalue weighted by Crippen LogP contribution is 2.41. The summed E-state index contributed by atoms with van der Waals surface area (Å²) in [4.78, 5) is 1.94. The summed E-state index contributed by atoms with van der Waals surface area (Å²) in [7, 11) is 0. The Morgan fingerprint density at radius 1 is 1.20 bits per heavy atom. The van der Waals surface area contributed by atoms with Gasteiger partial charge in [-0.15, -0.1) is 12.4 Å². The predicted octanol–water partition coefficient (Wildman–Crippen LogP) is 5.45. The second-order valence-electron chi connectivity index (χ2n) is 6.12. The minimum Gasteiger partial charge on any atom is -0.314 e. The largest absolute Gasteiger partial charge is 0.416 e. The first-order chi connectivity index (χ1) is 11.4. The van der Waals surface area contributed by atoms with Crippen LogP contribution in [0.15, 0.2) is 12.1 Å². The summed E-state index contributed by atoms with van der Waals surface area (Å²) < 4.78 is 54.9. The summed E-state index contributed by atoms with van der Waals surface area (Å²) in [6.45, 7) is 4.60. The highest BCUT2D eigenvalue weighted by atomic mass is 35.5. The molecule has 25 heavy (non-hydrogen) atoms. The monoisotopic (exact) mass is 402 g/mol. The van der Waals surface area contributed by atoms with Gasteiger partial charge in [-0.05, 0) is 18.6 Å². The molecule has 8 heteroatoms. The highest BCUT2D eigenvalue weighted by molar-refractivity contribution is 6.30. The Morgan fingerprint density at radius 3 is 2.40 bits per heavy atom. The molecule has 1 fully saturated rings. The molecular weight excluding hydrogens is 379 g/mol. The lowest BCUT2D eigenvalue weighted by atomic mass is 9.93. The lowest BCUT2D eigenvalue weighted by molar-refractivity contribution is -0.139. The first kappa shape index (κ1) is 22.5. The highest BCUT2D eigenvalue weighted by Gasteiger charge is 2.39. The zero-order valence-electron chi connectivity index (χ0n) is 14.1. The van der Waals surface area contributed by atoms with Gasteiger partial charge in [0.2, 0.25) is 0 Å². The minimum absolute atomic E-state index is 0. The molecule has 1 atom stereocenters. The Balaban J connectivity index is 0.00000312. The average Bonchev–Trinajstić information content (AvgIpc) is 2.54. The lowest BCUT2D eigenvalue weighted by Gasteiger charge is -2.36. The summed E-state index contributed by atoms with van der Waals surface area (Å²) in [5.41, 5.74) is -1.21. The molecule has 1 heterocycles. The smallest absolute Gasteiger partial charge is 0.314 e. The van der Waals surface area contributed by atoms with Gasteiger partial charge in [-0.2, -0.15) is 13.2 Å². The third-order valence-corrected chi connectivity index (χ3v) is 4.74. The van der Waals surface area contributed by atoms with Gasteiger partial charge in [-0.1, -0.05) is 37.8 Å². The molecule has 0 bridgehead atoms. The van der Waals surface area contributed by atoms with Gasteiger partial charge in [0.05, 0.1) is 10.6 Å². The van der Waals surface area contributed by atoms with Crippen LogP contribution < -0.4 is 5.32 Å². The van der Waals surface area contributed by atoms with Crippen molar-refractivity contribution in [2.45, 2.75) is 44.8 Å². The summed E-state index contributed by atoms with van der Waals surface area (Å²) >= 11 is 5.81. The number of hydrogen-bond donors (Lipinski definition) is 1. The van der Waals surface area contributed by atoms with Crippen LogP contribution in [0.1, 0.15) is 49.8 Å². The quantitative estimate of drug-likeness (QED) is 0.502. The molecule has 0 amide bonds. The molecule has 2 nitrogen and oxygen atoms in total. The third-order valence-electron chi connectivity index (χ3n) is 4.44. The molecule has 0 aliphatic carbocycles. The second kappa shape index (κ2) is 9.95. The van der Waals surface area contributed by atoms with Crippen LogP contribution in [0.25, 0.3) is 0 Å². The van der Waals surface area contributed by atoms with Gasteiger partial charge >= 0.3 is 6.18 Å². The first-order valence-electron chi connectivity index (χ1n) is 8.36. The van der Waals surface area contributed by atoms with E-state index in [4.69, 9.17) is 11.6 Å². The van der Waals surface area contributed by atoms with Crippen LogP contribution in [-0.2, 0) is 6.18 Å². The molecule has 0 radical (unpaired) electrons. The molecule has 1 saturated heterocycles. The van der Waals surface area contributed by atoms with E-state index < -0.39 is 23.6 Å². The fourth-order valence-corrected chi connectivity index (χ4v) is 3.40. The number of alkyl halides is 3. The Bertz CT molecular complexity index is 546. The molecule has 144 valence electrons. The molecule has 1 aromatic rings. The standard InChI is InChI=1S/C17H23ClF4N2.ClH/c1-2-3-4-5-14(24-10-8-23-9-11-24)15-12(17(20,21)22)6-7-13(18)16(15)19;/h6-7,14,23H,2-5,8-11H2,1H3;1H/t14-;/m1./s1. The van der Waals surface area contributed by atoms with Crippen LogP contribution in [0.3, 0.4) is 0 Å². The van der Waals surface area contributed by atoms with Gasteiger partial charge in [-0.25, -0.2) is 4.39 Å². The van der Waals surface area contributed by atoms with E-state index >= 15 is 0 Å². The molecule has 0 unspecified atom stereocenters. The van der Waals surface area contributed by atoms with E-state index in [1.54, 1.807) is 0 Å². The van der Waals surface area contributed by atoms with Gasteiger partial charge in [0.25, 0.3) is 0 Å². The van der Waals surface area contributed by atoms with Crippen molar-refractivity contribution in [2.75, 3.05) is 26.2 Å². The lowest BCUT2D eigenvalue weighted by Crippen LogP contribution is -2.45. The van der Waals surface area contributed by atoms with Crippen LogP contribution in [0.2, 0.25) is 5.02 Å². The zero-order chi connectivity index (χ0) is 17.7. The van der Waals surface area contributed by atoms with E-state index in [-0.39, 0.29) is 23.0 Å². The molecule has 0 saturated carbocycles. The van der Waals surface area contributed by atoms with E-state index in [2.05, 4.69) is 5.32 Å². The van der Waals surface area contributed by atoms with E-state index in [1.165, 1.54) is 0 Å². The fourth-order valence-electron chi connectivity index (χ4n) is 3.23. The molecule has 1 aliphatic rings. The van der Waals surface area contributed by atoms with E-state index in [0.29, 0.717) is 32.6 Å². The molecule has 1 aliphatic heterocycles. The van der Waals surface area contributed by atoms with Crippen LogP contribution in [0.4, 0.5) is 17.6 Å². The normalized spacial score (nSPS) is 17.2. The van der Waals surface area contributed by atoms with Gasteiger partial charge < -0.3 is 5.32 Å². The van der Waals surface area contributed by atoms with Crippen LogP contribution >= 0.6 is 24.0 Å². The number of rotatable bonds is 6. The van der Waals surface area contributed by atoms with E-state index in [1.807, 2.05) is 11.8 Å². The van der Waals surface area contributed by atoms with Gasteiger partial charge in [0.15, 0.2) is 0 Å². The van der Waals surface area contributed by atoms with Crippen molar-refractivity contribution in [1.82, 2.24) is 10.2 Å². The van der Waals surface area contributed by atoms with Crippen molar-refractivity contribution in [3.63, 3.8) is 0 Å². The van der Waals surface area contributed by atoms with Crippen LogP contribution in [0, 0.1) is 5.82 Å². The summed E-state index contributed by atoms with van der Waals surface area (Å²) in [6, 6.07) is 1.29. The molecule has 2 rings (SSSR count). The number of piperazine rings is 1. The van der Waals surface area contributed by atoms with Crippen molar-refractivity contribution >= 4 is 24.0 Å². The predicted molar refractivity (Wildman–Crippen MR) is 95.0 cm³/mol. The topological polar surface area (TPSA) is 15.3 Å². The van der Waals surface area contributed by atoms with Crippen molar-refractivity contribution < 1.29 is 17.6 Å². The maximum absolute atomic E-state index is 14.6. The van der Waals surface area contributed by atoms with Crippen LogP contribution in [0.5, 0.6) is 0 Å². The average molecular weight is 403 g/mol. The maximum atomic E-state index is 14.6.